The average molecular weight is 247 g/mol. The van der Waals surface area contributed by atoms with Gasteiger partial charge < -0.3 is 9.80 Å². The molecule has 0 atom stereocenters. The highest BCUT2D eigenvalue weighted by Crippen LogP contribution is 2.38. The molecule has 0 saturated carbocycles. The fourth-order valence-corrected chi connectivity index (χ4v) is 2.15. The van der Waals surface area contributed by atoms with Gasteiger partial charge in [-0.3, -0.25) is 0 Å². The second-order valence-electron chi connectivity index (χ2n) is 4.21. The van der Waals surface area contributed by atoms with Crippen LogP contribution in [0, 0.1) is 11.6 Å². The summed E-state index contributed by atoms with van der Waals surface area (Å²) in [6.07, 6.45) is 1.69. The van der Waals surface area contributed by atoms with E-state index in [0.29, 0.717) is 12.4 Å². The predicted octanol–water partition coefficient (Wildman–Crippen LogP) is 2.91. The zero-order chi connectivity index (χ0) is 12.7. The number of pyridine rings is 1. The lowest BCUT2D eigenvalue weighted by atomic mass is 10.2. The van der Waals surface area contributed by atoms with E-state index in [4.69, 9.17) is 0 Å². The zero-order valence-corrected chi connectivity index (χ0v) is 9.77. The Kier molecular flexibility index (Phi) is 2.40. The van der Waals surface area contributed by atoms with Gasteiger partial charge in [0, 0.05) is 19.3 Å². The lowest BCUT2D eigenvalue weighted by molar-refractivity contribution is 0.582. The molecule has 0 unspecified atom stereocenters. The Labute approximate surface area is 103 Å². The number of anilines is 3. The summed E-state index contributed by atoms with van der Waals surface area (Å²) in [5.74, 6) is -0.350. The fraction of sp³-hybridized carbons (Fsp3) is 0.154. The van der Waals surface area contributed by atoms with Crippen molar-refractivity contribution >= 4 is 17.2 Å². The van der Waals surface area contributed by atoms with Gasteiger partial charge in [-0.25, -0.2) is 13.8 Å². The van der Waals surface area contributed by atoms with Crippen molar-refractivity contribution in [2.75, 3.05) is 23.5 Å². The molecule has 1 aliphatic heterocycles. The minimum absolute atomic E-state index is 0.356. The Morgan fingerprint density at radius 2 is 2.00 bits per heavy atom. The largest absolute Gasteiger partial charge is 0.340 e. The van der Waals surface area contributed by atoms with E-state index < -0.39 is 11.6 Å². The number of nitrogens with zero attached hydrogens (tertiary/aromatic N) is 3. The van der Waals surface area contributed by atoms with E-state index in [1.165, 1.54) is 12.1 Å². The third kappa shape index (κ3) is 1.59. The van der Waals surface area contributed by atoms with Crippen molar-refractivity contribution in [2.24, 2.45) is 0 Å². The second kappa shape index (κ2) is 3.94. The van der Waals surface area contributed by atoms with E-state index in [2.05, 4.69) is 4.98 Å². The van der Waals surface area contributed by atoms with Crippen molar-refractivity contribution in [3.63, 3.8) is 0 Å². The van der Waals surface area contributed by atoms with Gasteiger partial charge in [0.05, 0.1) is 18.0 Å². The molecule has 1 aliphatic rings. The quantitative estimate of drug-likeness (QED) is 0.772. The molecule has 5 heteroatoms. The van der Waals surface area contributed by atoms with E-state index in [9.17, 15) is 8.78 Å². The number of rotatable bonds is 1. The summed E-state index contributed by atoms with van der Waals surface area (Å²) in [5.41, 5.74) is 1.18. The van der Waals surface area contributed by atoms with E-state index >= 15 is 0 Å². The molecular weight excluding hydrogens is 236 g/mol. The first-order chi connectivity index (χ1) is 8.66. The summed E-state index contributed by atoms with van der Waals surface area (Å²) in [4.78, 5) is 7.94. The van der Waals surface area contributed by atoms with Gasteiger partial charge in [0.2, 0.25) is 0 Å². The number of hydrogen-bond donors (Lipinski definition) is 0. The Hall–Kier alpha value is -2.17. The highest BCUT2D eigenvalue weighted by molar-refractivity contribution is 5.79. The van der Waals surface area contributed by atoms with Crippen molar-refractivity contribution in [3.8, 4) is 0 Å². The summed E-state index contributed by atoms with van der Waals surface area (Å²) < 4.78 is 26.7. The highest BCUT2D eigenvalue weighted by atomic mass is 19.1. The molecule has 0 aliphatic carbocycles. The standard InChI is InChI=1S/C13H11F2N3/c1-17-8-18(12-3-2-6-16-13(12)17)11-5-4-9(14)7-10(11)15/h2-7H,8H2,1H3. The molecule has 1 aromatic carbocycles. The third-order valence-corrected chi connectivity index (χ3v) is 2.97. The van der Waals surface area contributed by atoms with Gasteiger partial charge in [-0.1, -0.05) is 0 Å². The number of fused-ring (bicyclic) bond motifs is 1. The fourth-order valence-electron chi connectivity index (χ4n) is 2.15. The molecule has 3 rings (SSSR count). The van der Waals surface area contributed by atoms with Crippen LogP contribution in [-0.4, -0.2) is 18.7 Å². The monoisotopic (exact) mass is 247 g/mol. The minimum Gasteiger partial charge on any atom is -0.340 e. The molecular formula is C13H11F2N3. The smallest absolute Gasteiger partial charge is 0.153 e. The lowest BCUT2D eigenvalue weighted by Crippen LogP contribution is -2.24. The van der Waals surface area contributed by atoms with Crippen molar-refractivity contribution in [3.05, 3.63) is 48.2 Å². The first-order valence-electron chi connectivity index (χ1n) is 5.55. The number of aromatic nitrogens is 1. The summed E-state index contributed by atoms with van der Waals surface area (Å²) >= 11 is 0. The van der Waals surface area contributed by atoms with Crippen LogP contribution < -0.4 is 9.80 Å². The Morgan fingerprint density at radius 3 is 2.78 bits per heavy atom. The van der Waals surface area contributed by atoms with Gasteiger partial charge >= 0.3 is 0 Å². The van der Waals surface area contributed by atoms with Crippen LogP contribution in [0.5, 0.6) is 0 Å². The summed E-state index contributed by atoms with van der Waals surface area (Å²) in [7, 11) is 1.88. The maximum atomic E-state index is 13.8. The summed E-state index contributed by atoms with van der Waals surface area (Å²) in [5, 5.41) is 0. The number of halogens is 2. The van der Waals surface area contributed by atoms with Gasteiger partial charge in [-0.05, 0) is 24.3 Å². The van der Waals surface area contributed by atoms with Crippen LogP contribution >= 0.6 is 0 Å². The molecule has 0 fully saturated rings. The second-order valence-corrected chi connectivity index (χ2v) is 4.21. The number of hydrogen-bond acceptors (Lipinski definition) is 3. The minimum atomic E-state index is -0.574. The van der Waals surface area contributed by atoms with Gasteiger partial charge in [-0.15, -0.1) is 0 Å². The van der Waals surface area contributed by atoms with Crippen LogP contribution in [0.1, 0.15) is 0 Å². The predicted molar refractivity (Wildman–Crippen MR) is 66.0 cm³/mol. The Balaban J connectivity index is 2.09. The van der Waals surface area contributed by atoms with Crippen molar-refractivity contribution in [1.29, 1.82) is 0 Å². The Bertz CT molecular complexity index is 601. The van der Waals surface area contributed by atoms with E-state index in [1.807, 2.05) is 18.0 Å². The molecule has 2 aromatic rings. The van der Waals surface area contributed by atoms with Gasteiger partial charge in [0.25, 0.3) is 0 Å². The average Bonchev–Trinajstić information content (AvgIpc) is 2.68. The summed E-state index contributed by atoms with van der Waals surface area (Å²) in [6, 6.07) is 7.26. The SMILES string of the molecule is CN1CN(c2ccc(F)cc2F)c2cccnc21. The van der Waals surface area contributed by atoms with Gasteiger partial charge in [-0.2, -0.15) is 0 Å². The Morgan fingerprint density at radius 1 is 1.17 bits per heavy atom. The molecule has 0 N–H and O–H groups in total. The van der Waals surface area contributed by atoms with E-state index in [1.54, 1.807) is 17.2 Å². The molecule has 0 spiro atoms. The van der Waals surface area contributed by atoms with Crippen molar-refractivity contribution in [1.82, 2.24) is 4.98 Å². The van der Waals surface area contributed by atoms with Crippen LogP contribution in [0.3, 0.4) is 0 Å². The molecule has 18 heavy (non-hydrogen) atoms. The van der Waals surface area contributed by atoms with Crippen LogP contribution in [0.4, 0.5) is 26.0 Å². The van der Waals surface area contributed by atoms with E-state index in [-0.39, 0.29) is 0 Å². The van der Waals surface area contributed by atoms with Crippen LogP contribution in [-0.2, 0) is 0 Å². The molecule has 2 heterocycles. The third-order valence-electron chi connectivity index (χ3n) is 2.97. The topological polar surface area (TPSA) is 19.4 Å². The normalized spacial score (nSPS) is 13.9. The molecule has 0 saturated heterocycles. The van der Waals surface area contributed by atoms with E-state index in [0.717, 1.165) is 17.6 Å². The molecule has 3 nitrogen and oxygen atoms in total. The number of benzene rings is 1. The van der Waals surface area contributed by atoms with Crippen LogP contribution in [0.15, 0.2) is 36.5 Å². The maximum absolute atomic E-state index is 13.8. The van der Waals surface area contributed by atoms with Gasteiger partial charge in [0.1, 0.15) is 11.6 Å². The van der Waals surface area contributed by atoms with Crippen molar-refractivity contribution in [2.45, 2.75) is 0 Å². The zero-order valence-electron chi connectivity index (χ0n) is 9.77. The summed E-state index contributed by atoms with van der Waals surface area (Å²) in [6.45, 7) is 0.495. The highest BCUT2D eigenvalue weighted by Gasteiger charge is 2.27. The van der Waals surface area contributed by atoms with Crippen LogP contribution in [0.25, 0.3) is 0 Å². The lowest BCUT2D eigenvalue weighted by Gasteiger charge is -2.19. The molecule has 0 radical (unpaired) electrons. The molecule has 92 valence electrons. The first kappa shape index (κ1) is 11.0. The maximum Gasteiger partial charge on any atom is 0.153 e. The molecule has 0 bridgehead atoms. The van der Waals surface area contributed by atoms with Gasteiger partial charge in [0.15, 0.2) is 5.82 Å². The first-order valence-corrected chi connectivity index (χ1v) is 5.55. The molecule has 0 amide bonds. The molecule has 1 aromatic heterocycles. The van der Waals surface area contributed by atoms with Crippen molar-refractivity contribution < 1.29 is 8.78 Å². The van der Waals surface area contributed by atoms with Crippen LogP contribution in [0.2, 0.25) is 0 Å².